The third kappa shape index (κ3) is 4.68. The molecule has 0 aliphatic carbocycles. The summed E-state index contributed by atoms with van der Waals surface area (Å²) in [4.78, 5) is 15.8. The number of carbonyl (C=O) groups excluding carboxylic acids is 1. The van der Waals surface area contributed by atoms with Crippen LogP contribution in [-0.2, 0) is 11.8 Å². The van der Waals surface area contributed by atoms with Gasteiger partial charge in [0.1, 0.15) is 0 Å². The number of amides is 1. The highest BCUT2D eigenvalue weighted by Gasteiger charge is 2.13. The molecule has 1 amide bonds. The minimum atomic E-state index is -0.229. The summed E-state index contributed by atoms with van der Waals surface area (Å²) >= 11 is 7.30. The first kappa shape index (κ1) is 18.1. The Bertz CT molecular complexity index is 928. The van der Waals surface area contributed by atoms with Crippen LogP contribution in [-0.4, -0.2) is 37.6 Å². The van der Waals surface area contributed by atoms with Crippen molar-refractivity contribution in [2.45, 2.75) is 5.16 Å². The normalized spacial score (nSPS) is 11.0. The van der Waals surface area contributed by atoms with E-state index in [0.29, 0.717) is 16.0 Å². The van der Waals surface area contributed by atoms with Gasteiger partial charge >= 0.3 is 0 Å². The lowest BCUT2D eigenvalue weighted by molar-refractivity contribution is -0.118. The number of benzene rings is 1. The molecular formula is C17H15ClN6OS. The Balaban J connectivity index is 1.56. The second-order valence-corrected chi connectivity index (χ2v) is 6.62. The largest absolute Gasteiger partial charge is 0.305 e. The molecule has 0 bridgehead atoms. The molecule has 0 fully saturated rings. The van der Waals surface area contributed by atoms with Gasteiger partial charge in [0.05, 0.1) is 12.0 Å². The maximum Gasteiger partial charge on any atom is 0.250 e. The van der Waals surface area contributed by atoms with Gasteiger partial charge in [0.15, 0.2) is 11.0 Å². The van der Waals surface area contributed by atoms with Crippen LogP contribution in [0.25, 0.3) is 11.4 Å². The maximum atomic E-state index is 11.9. The zero-order chi connectivity index (χ0) is 18.4. The Kier molecular flexibility index (Phi) is 5.98. The van der Waals surface area contributed by atoms with Gasteiger partial charge in [-0.3, -0.25) is 9.78 Å². The van der Waals surface area contributed by atoms with Gasteiger partial charge < -0.3 is 4.57 Å². The Hall–Kier alpha value is -2.71. The van der Waals surface area contributed by atoms with Crippen molar-refractivity contribution >= 4 is 35.5 Å². The Morgan fingerprint density at radius 3 is 2.88 bits per heavy atom. The van der Waals surface area contributed by atoms with E-state index in [1.807, 2.05) is 29.8 Å². The van der Waals surface area contributed by atoms with Gasteiger partial charge in [-0.1, -0.05) is 35.5 Å². The van der Waals surface area contributed by atoms with Crippen molar-refractivity contribution in [3.05, 3.63) is 59.4 Å². The lowest BCUT2D eigenvalue weighted by Gasteiger charge is -2.04. The maximum absolute atomic E-state index is 11.9. The molecule has 3 aromatic rings. The van der Waals surface area contributed by atoms with Crippen molar-refractivity contribution in [2.24, 2.45) is 12.1 Å². The summed E-state index contributed by atoms with van der Waals surface area (Å²) in [5.74, 6) is 0.633. The number of hydrogen-bond donors (Lipinski definition) is 1. The van der Waals surface area contributed by atoms with Crippen LogP contribution in [0.15, 0.2) is 59.0 Å². The fraction of sp³-hybridized carbons (Fsp3) is 0.118. The zero-order valence-corrected chi connectivity index (χ0v) is 15.4. The summed E-state index contributed by atoms with van der Waals surface area (Å²) < 4.78 is 1.82. The standard InChI is InChI=1S/C17H15ClN6OS/c1-24-16(13-3-2-4-14(18)9-13)22-23-17(24)26-11-15(25)21-20-10-12-5-7-19-8-6-12/h2-10H,11H2,1H3,(H,21,25). The van der Waals surface area contributed by atoms with Gasteiger partial charge in [-0.15, -0.1) is 10.2 Å². The predicted molar refractivity (Wildman–Crippen MR) is 102 cm³/mol. The van der Waals surface area contributed by atoms with Crippen molar-refractivity contribution in [1.29, 1.82) is 0 Å². The van der Waals surface area contributed by atoms with Crippen molar-refractivity contribution in [3.63, 3.8) is 0 Å². The molecule has 7 nitrogen and oxygen atoms in total. The summed E-state index contributed by atoms with van der Waals surface area (Å²) in [5.41, 5.74) is 4.20. The number of aromatic nitrogens is 4. The van der Waals surface area contributed by atoms with Gasteiger partial charge in [-0.2, -0.15) is 5.10 Å². The topological polar surface area (TPSA) is 85.1 Å². The Morgan fingerprint density at radius 2 is 2.12 bits per heavy atom. The first-order chi connectivity index (χ1) is 12.6. The molecular weight excluding hydrogens is 372 g/mol. The monoisotopic (exact) mass is 386 g/mol. The van der Waals surface area contributed by atoms with Crippen LogP contribution in [0.1, 0.15) is 5.56 Å². The van der Waals surface area contributed by atoms with Crippen LogP contribution >= 0.6 is 23.4 Å². The van der Waals surface area contributed by atoms with E-state index < -0.39 is 0 Å². The van der Waals surface area contributed by atoms with Gasteiger partial charge in [-0.25, -0.2) is 5.43 Å². The molecule has 0 aliphatic rings. The summed E-state index contributed by atoms with van der Waals surface area (Å²) in [6, 6.07) is 11.0. The number of carbonyl (C=O) groups is 1. The first-order valence-corrected chi connectivity index (χ1v) is 9.00. The molecule has 26 heavy (non-hydrogen) atoms. The molecule has 1 aromatic carbocycles. The average molecular weight is 387 g/mol. The van der Waals surface area contributed by atoms with Crippen LogP contribution in [0.5, 0.6) is 0 Å². The number of halogens is 1. The highest BCUT2D eigenvalue weighted by atomic mass is 35.5. The molecule has 0 radical (unpaired) electrons. The highest BCUT2D eigenvalue weighted by Crippen LogP contribution is 2.24. The van der Waals surface area contributed by atoms with E-state index in [1.165, 1.54) is 11.8 Å². The smallest absolute Gasteiger partial charge is 0.250 e. The fourth-order valence-corrected chi connectivity index (χ4v) is 3.00. The first-order valence-electron chi connectivity index (χ1n) is 7.63. The number of pyridine rings is 1. The lowest BCUT2D eigenvalue weighted by Crippen LogP contribution is -2.19. The molecule has 0 unspecified atom stereocenters. The number of nitrogens with one attached hydrogen (secondary N) is 1. The van der Waals surface area contributed by atoms with Gasteiger partial charge in [0, 0.05) is 30.0 Å². The van der Waals surface area contributed by atoms with E-state index in [9.17, 15) is 4.79 Å². The number of hydrogen-bond acceptors (Lipinski definition) is 6. The molecule has 2 aromatic heterocycles. The highest BCUT2D eigenvalue weighted by molar-refractivity contribution is 7.99. The van der Waals surface area contributed by atoms with Crippen molar-refractivity contribution in [1.82, 2.24) is 25.2 Å². The number of hydrazone groups is 1. The van der Waals surface area contributed by atoms with Crippen molar-refractivity contribution < 1.29 is 4.79 Å². The molecule has 132 valence electrons. The van der Waals surface area contributed by atoms with Gasteiger partial charge in [0.2, 0.25) is 0 Å². The van der Waals surface area contributed by atoms with Crippen molar-refractivity contribution in [3.8, 4) is 11.4 Å². The van der Waals surface area contributed by atoms with Crippen LogP contribution in [0.4, 0.5) is 0 Å². The number of rotatable bonds is 6. The second-order valence-electron chi connectivity index (χ2n) is 5.24. The van der Waals surface area contributed by atoms with E-state index in [4.69, 9.17) is 11.6 Å². The quantitative estimate of drug-likeness (QED) is 0.400. The molecule has 0 spiro atoms. The van der Waals surface area contributed by atoms with E-state index >= 15 is 0 Å². The zero-order valence-electron chi connectivity index (χ0n) is 13.8. The molecule has 3 rings (SSSR count). The molecule has 2 heterocycles. The third-order valence-electron chi connectivity index (χ3n) is 3.36. The minimum absolute atomic E-state index is 0.176. The van der Waals surface area contributed by atoms with Gasteiger partial charge in [-0.05, 0) is 29.8 Å². The van der Waals surface area contributed by atoms with E-state index in [0.717, 1.165) is 11.1 Å². The minimum Gasteiger partial charge on any atom is -0.305 e. The fourth-order valence-electron chi connectivity index (χ4n) is 2.11. The summed E-state index contributed by atoms with van der Waals surface area (Å²) in [7, 11) is 1.85. The van der Waals surface area contributed by atoms with E-state index in [1.54, 1.807) is 36.8 Å². The van der Waals surface area contributed by atoms with E-state index in [-0.39, 0.29) is 11.7 Å². The summed E-state index contributed by atoms with van der Waals surface area (Å²) in [6.45, 7) is 0. The van der Waals surface area contributed by atoms with Crippen LogP contribution in [0.3, 0.4) is 0 Å². The summed E-state index contributed by atoms with van der Waals surface area (Å²) in [6.07, 6.45) is 4.87. The molecule has 0 saturated heterocycles. The predicted octanol–water partition coefficient (Wildman–Crippen LogP) is 2.77. The van der Waals surface area contributed by atoms with Crippen LogP contribution in [0, 0.1) is 0 Å². The Labute approximate surface area is 159 Å². The molecule has 0 aliphatic heterocycles. The second kappa shape index (κ2) is 8.59. The van der Waals surface area contributed by atoms with E-state index in [2.05, 4.69) is 25.7 Å². The van der Waals surface area contributed by atoms with Crippen molar-refractivity contribution in [2.75, 3.05) is 5.75 Å². The molecule has 0 saturated carbocycles. The molecule has 1 N–H and O–H groups in total. The third-order valence-corrected chi connectivity index (χ3v) is 4.61. The van der Waals surface area contributed by atoms with Crippen LogP contribution in [0.2, 0.25) is 5.02 Å². The molecule has 0 atom stereocenters. The Morgan fingerprint density at radius 1 is 1.31 bits per heavy atom. The van der Waals surface area contributed by atoms with Gasteiger partial charge in [0.25, 0.3) is 5.91 Å². The number of nitrogens with zero attached hydrogens (tertiary/aromatic N) is 5. The molecule has 9 heteroatoms. The summed E-state index contributed by atoms with van der Waals surface area (Å²) in [5, 5.41) is 13.5. The average Bonchev–Trinajstić information content (AvgIpc) is 3.01. The van der Waals surface area contributed by atoms with Crippen LogP contribution < -0.4 is 5.43 Å². The lowest BCUT2D eigenvalue weighted by atomic mass is 10.2. The SMILES string of the molecule is Cn1c(SCC(=O)NN=Cc2ccncc2)nnc1-c1cccc(Cl)c1. The number of thioether (sulfide) groups is 1.